The molecule has 0 saturated carbocycles. The third-order valence-corrected chi connectivity index (χ3v) is 3.78. The maximum Gasteiger partial charge on any atom is 0.123 e. The molecule has 0 radical (unpaired) electrons. The van der Waals surface area contributed by atoms with Gasteiger partial charge in [0.1, 0.15) is 5.82 Å². The summed E-state index contributed by atoms with van der Waals surface area (Å²) in [5.74, 6) is 0.0466. The van der Waals surface area contributed by atoms with E-state index in [1.807, 2.05) is 13.1 Å². The highest BCUT2D eigenvalue weighted by Gasteiger charge is 2.17. The molecule has 2 rings (SSSR count). The number of halogens is 1. The van der Waals surface area contributed by atoms with E-state index < -0.39 is 0 Å². The summed E-state index contributed by atoms with van der Waals surface area (Å²) >= 11 is 0. The van der Waals surface area contributed by atoms with Gasteiger partial charge in [0.25, 0.3) is 0 Å². The number of hydrogen-bond acceptors (Lipinski definition) is 1. The maximum atomic E-state index is 13.5. The van der Waals surface area contributed by atoms with Gasteiger partial charge in [-0.15, -0.1) is 0 Å². The maximum absolute atomic E-state index is 13.5. The Kier molecular flexibility index (Phi) is 4.91. The molecule has 0 aliphatic carbocycles. The molecule has 1 nitrogen and oxygen atoms in total. The summed E-state index contributed by atoms with van der Waals surface area (Å²) in [5, 5.41) is 3.27. The minimum atomic E-state index is -0.169. The van der Waals surface area contributed by atoms with Crippen LogP contribution in [0.5, 0.6) is 0 Å². The number of benzene rings is 2. The molecule has 2 atom stereocenters. The first kappa shape index (κ1) is 14.7. The van der Waals surface area contributed by atoms with Gasteiger partial charge in [-0.3, -0.25) is 0 Å². The lowest BCUT2D eigenvalue weighted by Gasteiger charge is -2.22. The van der Waals surface area contributed by atoms with E-state index in [9.17, 15) is 4.39 Å². The molecule has 2 heteroatoms. The number of hydrogen-bond donors (Lipinski definition) is 1. The van der Waals surface area contributed by atoms with Gasteiger partial charge >= 0.3 is 0 Å². The average molecular weight is 271 g/mol. The molecule has 0 fully saturated rings. The second kappa shape index (κ2) is 6.67. The van der Waals surface area contributed by atoms with Gasteiger partial charge < -0.3 is 5.32 Å². The van der Waals surface area contributed by atoms with E-state index >= 15 is 0 Å². The number of aryl methyl sites for hydroxylation is 1. The van der Waals surface area contributed by atoms with E-state index in [0.717, 1.165) is 12.0 Å². The van der Waals surface area contributed by atoms with Crippen molar-refractivity contribution in [2.45, 2.75) is 32.2 Å². The van der Waals surface area contributed by atoms with E-state index in [0.29, 0.717) is 6.04 Å². The summed E-state index contributed by atoms with van der Waals surface area (Å²) in [7, 11) is 1.96. The van der Waals surface area contributed by atoms with Gasteiger partial charge in [0.05, 0.1) is 0 Å². The number of rotatable bonds is 5. The van der Waals surface area contributed by atoms with Crippen molar-refractivity contribution in [1.29, 1.82) is 0 Å². The van der Waals surface area contributed by atoms with Gasteiger partial charge in [0.2, 0.25) is 0 Å². The summed E-state index contributed by atoms with van der Waals surface area (Å²) in [6, 6.07) is 15.8. The summed E-state index contributed by atoms with van der Waals surface area (Å²) in [4.78, 5) is 0. The summed E-state index contributed by atoms with van der Waals surface area (Å²) in [5.41, 5.74) is 3.52. The molecular weight excluding hydrogens is 249 g/mol. The van der Waals surface area contributed by atoms with Crippen molar-refractivity contribution in [3.8, 4) is 0 Å². The molecule has 106 valence electrons. The lowest BCUT2D eigenvalue weighted by atomic mass is 9.85. The summed E-state index contributed by atoms with van der Waals surface area (Å²) < 4.78 is 13.5. The van der Waals surface area contributed by atoms with Crippen molar-refractivity contribution < 1.29 is 4.39 Å². The van der Waals surface area contributed by atoms with Crippen LogP contribution in [0.4, 0.5) is 4.39 Å². The van der Waals surface area contributed by atoms with Gasteiger partial charge in [-0.1, -0.05) is 42.0 Å². The zero-order chi connectivity index (χ0) is 14.5. The van der Waals surface area contributed by atoms with Gasteiger partial charge in [-0.2, -0.15) is 0 Å². The molecule has 0 aliphatic heterocycles. The zero-order valence-electron chi connectivity index (χ0n) is 12.4. The Balaban J connectivity index is 2.39. The Morgan fingerprint density at radius 1 is 1.05 bits per heavy atom. The van der Waals surface area contributed by atoms with Crippen LogP contribution in [0.1, 0.15) is 36.0 Å². The van der Waals surface area contributed by atoms with E-state index in [1.165, 1.54) is 17.2 Å². The van der Waals surface area contributed by atoms with Crippen LogP contribution in [0.2, 0.25) is 0 Å². The Bertz CT molecular complexity index is 519. The zero-order valence-corrected chi connectivity index (χ0v) is 12.4. The smallest absolute Gasteiger partial charge is 0.123 e. The molecular formula is C18H22FN. The monoisotopic (exact) mass is 271 g/mol. The summed E-state index contributed by atoms with van der Waals surface area (Å²) in [6.45, 7) is 4.25. The standard InChI is InChI=1S/C18H22FN/c1-13-6-4-7-15(10-13)18(11-14(2)20-3)16-8-5-9-17(19)12-16/h4-10,12,14,18,20H,11H2,1-3H3/t14-,18?/m0/s1. The minimum Gasteiger partial charge on any atom is -0.317 e. The van der Waals surface area contributed by atoms with Crippen molar-refractivity contribution in [1.82, 2.24) is 5.32 Å². The molecule has 0 aromatic heterocycles. The number of nitrogens with one attached hydrogen (secondary N) is 1. The van der Waals surface area contributed by atoms with Crippen molar-refractivity contribution in [3.05, 3.63) is 71.0 Å². The Morgan fingerprint density at radius 2 is 1.70 bits per heavy atom. The predicted molar refractivity (Wildman–Crippen MR) is 82.6 cm³/mol. The molecule has 2 aromatic rings. The lowest BCUT2D eigenvalue weighted by molar-refractivity contribution is 0.528. The average Bonchev–Trinajstić information content (AvgIpc) is 2.44. The van der Waals surface area contributed by atoms with E-state index in [2.05, 4.69) is 43.4 Å². The SMILES string of the molecule is CN[C@@H](C)CC(c1cccc(C)c1)c1cccc(F)c1. The van der Waals surface area contributed by atoms with Crippen LogP contribution in [0.3, 0.4) is 0 Å². The van der Waals surface area contributed by atoms with Crippen LogP contribution in [0, 0.1) is 12.7 Å². The Hall–Kier alpha value is -1.67. The van der Waals surface area contributed by atoms with Crippen molar-refractivity contribution in [3.63, 3.8) is 0 Å². The summed E-state index contributed by atoms with van der Waals surface area (Å²) in [6.07, 6.45) is 0.948. The van der Waals surface area contributed by atoms with Crippen LogP contribution in [0.25, 0.3) is 0 Å². The lowest BCUT2D eigenvalue weighted by Crippen LogP contribution is -2.24. The topological polar surface area (TPSA) is 12.0 Å². The molecule has 0 amide bonds. The first-order valence-corrected chi connectivity index (χ1v) is 7.09. The second-order valence-electron chi connectivity index (χ2n) is 5.45. The normalized spacial score (nSPS) is 14.0. The van der Waals surface area contributed by atoms with E-state index in [4.69, 9.17) is 0 Å². The molecule has 0 bridgehead atoms. The molecule has 0 heterocycles. The highest BCUT2D eigenvalue weighted by Crippen LogP contribution is 2.30. The first-order valence-electron chi connectivity index (χ1n) is 7.09. The fraction of sp³-hybridized carbons (Fsp3) is 0.333. The minimum absolute atomic E-state index is 0.169. The molecule has 2 aromatic carbocycles. The Labute approximate surface area is 120 Å². The third kappa shape index (κ3) is 3.67. The fourth-order valence-electron chi connectivity index (χ4n) is 2.55. The van der Waals surface area contributed by atoms with E-state index in [-0.39, 0.29) is 11.7 Å². The van der Waals surface area contributed by atoms with Gasteiger partial charge in [0, 0.05) is 12.0 Å². The molecule has 0 spiro atoms. The van der Waals surface area contributed by atoms with Crippen LogP contribution < -0.4 is 5.32 Å². The second-order valence-corrected chi connectivity index (χ2v) is 5.45. The first-order chi connectivity index (χ1) is 9.60. The molecule has 20 heavy (non-hydrogen) atoms. The molecule has 0 aliphatic rings. The highest BCUT2D eigenvalue weighted by atomic mass is 19.1. The van der Waals surface area contributed by atoms with Crippen LogP contribution >= 0.6 is 0 Å². The van der Waals surface area contributed by atoms with Crippen LogP contribution in [-0.4, -0.2) is 13.1 Å². The van der Waals surface area contributed by atoms with Crippen molar-refractivity contribution in [2.24, 2.45) is 0 Å². The van der Waals surface area contributed by atoms with Crippen molar-refractivity contribution in [2.75, 3.05) is 7.05 Å². The van der Waals surface area contributed by atoms with Crippen LogP contribution in [0.15, 0.2) is 48.5 Å². The molecule has 1 N–H and O–H groups in total. The largest absolute Gasteiger partial charge is 0.317 e. The van der Waals surface area contributed by atoms with Gasteiger partial charge in [-0.05, 0) is 50.6 Å². The van der Waals surface area contributed by atoms with Gasteiger partial charge in [0.15, 0.2) is 0 Å². The van der Waals surface area contributed by atoms with Crippen LogP contribution in [-0.2, 0) is 0 Å². The van der Waals surface area contributed by atoms with E-state index in [1.54, 1.807) is 12.1 Å². The molecule has 0 saturated heterocycles. The molecule has 1 unspecified atom stereocenters. The quantitative estimate of drug-likeness (QED) is 0.856. The third-order valence-electron chi connectivity index (χ3n) is 3.78. The van der Waals surface area contributed by atoms with Gasteiger partial charge in [-0.25, -0.2) is 4.39 Å². The van der Waals surface area contributed by atoms with Crippen molar-refractivity contribution >= 4 is 0 Å². The predicted octanol–water partition coefficient (Wildman–Crippen LogP) is 4.26. The fourth-order valence-corrected chi connectivity index (χ4v) is 2.55. The highest BCUT2D eigenvalue weighted by molar-refractivity contribution is 5.35. The Morgan fingerprint density at radius 3 is 2.30 bits per heavy atom.